The average molecular weight is 443 g/mol. The first-order chi connectivity index (χ1) is 13.5. The third kappa shape index (κ3) is 10.6. The number of benzene rings is 2. The molecule has 2 aromatic carbocycles. The summed E-state index contributed by atoms with van der Waals surface area (Å²) in [6.45, 7) is 2.24. The molecule has 6 heteroatoms. The predicted octanol–water partition coefficient (Wildman–Crippen LogP) is 3.46. The molecule has 0 aliphatic rings. The Morgan fingerprint density at radius 3 is 1.93 bits per heavy atom. The molecule has 0 heterocycles. The van der Waals surface area contributed by atoms with E-state index >= 15 is 0 Å². The molecule has 0 aliphatic carbocycles. The van der Waals surface area contributed by atoms with Crippen LogP contribution < -0.4 is 56.1 Å². The Morgan fingerprint density at radius 1 is 0.793 bits per heavy atom. The second-order valence-corrected chi connectivity index (χ2v) is 8.59. The van der Waals surface area contributed by atoms with E-state index in [0.717, 1.165) is 24.2 Å². The van der Waals surface area contributed by atoms with E-state index in [1.165, 1.54) is 75.6 Å². The Labute approximate surface area is 218 Å². The van der Waals surface area contributed by atoms with Crippen LogP contribution in [0.25, 0.3) is 0 Å². The molecule has 0 bridgehead atoms. The minimum atomic E-state index is -4.43. The van der Waals surface area contributed by atoms with Gasteiger partial charge in [-0.2, -0.15) is 0 Å². The average Bonchev–Trinajstić information content (AvgIpc) is 2.67. The first-order valence-corrected chi connectivity index (χ1v) is 11.7. The van der Waals surface area contributed by atoms with Crippen molar-refractivity contribution in [3.05, 3.63) is 54.1 Å². The third-order valence-electron chi connectivity index (χ3n) is 4.86. The number of ether oxygens (including phenoxy) is 1. The van der Waals surface area contributed by atoms with Crippen molar-refractivity contribution in [3.8, 4) is 11.5 Å². The van der Waals surface area contributed by atoms with Crippen molar-refractivity contribution in [2.75, 3.05) is 0 Å². The summed E-state index contributed by atoms with van der Waals surface area (Å²) in [6.07, 6.45) is 12.6. The number of para-hydroxylation sites is 1. The molecule has 0 atom stereocenters. The van der Waals surface area contributed by atoms with Crippen molar-refractivity contribution in [2.45, 2.75) is 76.0 Å². The Balaban J connectivity index is 0.00000420. The fourth-order valence-electron chi connectivity index (χ4n) is 3.24. The van der Waals surface area contributed by atoms with Crippen LogP contribution in [0.5, 0.6) is 11.5 Å². The van der Waals surface area contributed by atoms with Crippen molar-refractivity contribution in [1.82, 2.24) is 0 Å². The number of rotatable bonds is 13. The van der Waals surface area contributed by atoms with Crippen LogP contribution in [0, 0.1) is 0 Å². The van der Waals surface area contributed by atoms with E-state index in [9.17, 15) is 13.0 Å². The van der Waals surface area contributed by atoms with Gasteiger partial charge in [-0.1, -0.05) is 76.5 Å². The molecule has 2 aromatic rings. The SMILES string of the molecule is CCCCCCCCCCCc1ccccc1Oc1ccc(S(=O)(=O)[O-])cc1.[K+]. The Kier molecular flexibility index (Phi) is 13.6. The number of hydrogen-bond acceptors (Lipinski definition) is 4. The van der Waals surface area contributed by atoms with Gasteiger partial charge < -0.3 is 9.29 Å². The first kappa shape index (κ1) is 26.8. The standard InChI is InChI=1S/C23H32O4S.K/c1-2-3-4-5-6-7-8-9-10-13-20-14-11-12-15-23(20)27-21-16-18-22(19-17-21)28(24,25)26;/h11-12,14-19H,2-10,13H2,1H3,(H,24,25,26);/q;+1/p-1. The third-order valence-corrected chi connectivity index (χ3v) is 5.71. The van der Waals surface area contributed by atoms with Crippen LogP contribution in [0.2, 0.25) is 0 Å². The molecule has 154 valence electrons. The van der Waals surface area contributed by atoms with Crippen LogP contribution in [-0.2, 0) is 16.5 Å². The van der Waals surface area contributed by atoms with Gasteiger partial charge in [-0.3, -0.25) is 0 Å². The van der Waals surface area contributed by atoms with Gasteiger partial charge in [-0.15, -0.1) is 0 Å². The fraction of sp³-hybridized carbons (Fsp3) is 0.478. The monoisotopic (exact) mass is 442 g/mol. The second kappa shape index (κ2) is 14.7. The quantitative estimate of drug-likeness (QED) is 0.271. The minimum Gasteiger partial charge on any atom is -0.744 e. The van der Waals surface area contributed by atoms with E-state index in [2.05, 4.69) is 13.0 Å². The van der Waals surface area contributed by atoms with E-state index in [1.807, 2.05) is 18.2 Å². The molecular formula is C23H31KO4S. The molecule has 0 radical (unpaired) electrons. The molecule has 0 aromatic heterocycles. The molecule has 0 saturated carbocycles. The summed E-state index contributed by atoms with van der Waals surface area (Å²) >= 11 is 0. The van der Waals surface area contributed by atoms with Crippen LogP contribution in [0.3, 0.4) is 0 Å². The van der Waals surface area contributed by atoms with E-state index in [4.69, 9.17) is 4.74 Å². The fourth-order valence-corrected chi connectivity index (χ4v) is 3.71. The molecule has 4 nitrogen and oxygen atoms in total. The number of hydrogen-bond donors (Lipinski definition) is 0. The Morgan fingerprint density at radius 2 is 1.34 bits per heavy atom. The van der Waals surface area contributed by atoms with Gasteiger partial charge in [-0.25, -0.2) is 8.42 Å². The molecule has 0 fully saturated rings. The Bertz CT molecular complexity index is 804. The molecule has 0 amide bonds. The zero-order valence-corrected chi connectivity index (χ0v) is 21.7. The maximum absolute atomic E-state index is 11.0. The first-order valence-electron chi connectivity index (χ1n) is 10.3. The smallest absolute Gasteiger partial charge is 0.744 e. The molecule has 0 unspecified atom stereocenters. The summed E-state index contributed by atoms with van der Waals surface area (Å²) in [5, 5.41) is 0. The summed E-state index contributed by atoms with van der Waals surface area (Å²) < 4.78 is 39.0. The summed E-state index contributed by atoms with van der Waals surface area (Å²) in [5.74, 6) is 1.30. The van der Waals surface area contributed by atoms with Gasteiger partial charge in [0.1, 0.15) is 21.6 Å². The number of aryl methyl sites for hydroxylation is 1. The predicted molar refractivity (Wildman–Crippen MR) is 112 cm³/mol. The van der Waals surface area contributed by atoms with E-state index in [0.29, 0.717) is 5.75 Å². The van der Waals surface area contributed by atoms with Gasteiger partial charge in [0, 0.05) is 0 Å². The maximum Gasteiger partial charge on any atom is 1.00 e. The number of unbranched alkanes of at least 4 members (excludes halogenated alkanes) is 8. The summed E-state index contributed by atoms with van der Waals surface area (Å²) in [4.78, 5) is -0.247. The zero-order chi connectivity index (χ0) is 20.2. The molecule has 2 rings (SSSR count). The maximum atomic E-state index is 11.0. The van der Waals surface area contributed by atoms with Crippen LogP contribution >= 0.6 is 0 Å². The van der Waals surface area contributed by atoms with E-state index in [-0.39, 0.29) is 56.3 Å². The van der Waals surface area contributed by atoms with Gasteiger partial charge in [0.15, 0.2) is 0 Å². The van der Waals surface area contributed by atoms with Crippen LogP contribution in [-0.4, -0.2) is 13.0 Å². The molecule has 0 aliphatic heterocycles. The summed E-state index contributed by atoms with van der Waals surface area (Å²) in [6, 6.07) is 13.5. The molecule has 0 saturated heterocycles. The topological polar surface area (TPSA) is 66.4 Å². The van der Waals surface area contributed by atoms with E-state index < -0.39 is 10.1 Å². The Hall–Kier alpha value is -0.214. The molecular weight excluding hydrogens is 411 g/mol. The molecule has 0 spiro atoms. The van der Waals surface area contributed by atoms with Crippen molar-refractivity contribution >= 4 is 10.1 Å². The summed E-state index contributed by atoms with van der Waals surface area (Å²) in [5.41, 5.74) is 1.14. The minimum absolute atomic E-state index is 0. The summed E-state index contributed by atoms with van der Waals surface area (Å²) in [7, 11) is -4.43. The van der Waals surface area contributed by atoms with Gasteiger partial charge >= 0.3 is 51.4 Å². The van der Waals surface area contributed by atoms with Gasteiger partial charge in [-0.05, 0) is 48.7 Å². The molecule has 29 heavy (non-hydrogen) atoms. The van der Waals surface area contributed by atoms with E-state index in [1.54, 1.807) is 0 Å². The van der Waals surface area contributed by atoms with Gasteiger partial charge in [0.2, 0.25) is 0 Å². The van der Waals surface area contributed by atoms with Crippen LogP contribution in [0.15, 0.2) is 53.4 Å². The van der Waals surface area contributed by atoms with Crippen molar-refractivity contribution in [3.63, 3.8) is 0 Å². The second-order valence-electron chi connectivity index (χ2n) is 7.21. The van der Waals surface area contributed by atoms with Crippen molar-refractivity contribution < 1.29 is 69.1 Å². The van der Waals surface area contributed by atoms with Crippen LogP contribution in [0.4, 0.5) is 0 Å². The molecule has 0 N–H and O–H groups in total. The normalized spacial score (nSPS) is 11.1. The van der Waals surface area contributed by atoms with Gasteiger partial charge in [0.25, 0.3) is 0 Å². The van der Waals surface area contributed by atoms with Crippen molar-refractivity contribution in [1.29, 1.82) is 0 Å². The van der Waals surface area contributed by atoms with Gasteiger partial charge in [0.05, 0.1) is 4.90 Å². The van der Waals surface area contributed by atoms with Crippen LogP contribution in [0.1, 0.15) is 70.3 Å². The zero-order valence-electron chi connectivity index (χ0n) is 17.7. The largest absolute Gasteiger partial charge is 1.00 e. The van der Waals surface area contributed by atoms with Crippen molar-refractivity contribution in [2.24, 2.45) is 0 Å².